The number of benzene rings is 2. The van der Waals surface area contributed by atoms with Gasteiger partial charge in [-0.25, -0.2) is 0 Å². The van der Waals surface area contributed by atoms with Crippen molar-refractivity contribution < 1.29 is 19.0 Å². The van der Waals surface area contributed by atoms with Crippen LogP contribution in [0.5, 0.6) is 17.2 Å². The highest BCUT2D eigenvalue weighted by molar-refractivity contribution is 7.99. The van der Waals surface area contributed by atoms with Crippen LogP contribution in [-0.4, -0.2) is 39.0 Å². The third kappa shape index (κ3) is 6.58. The Bertz CT molecular complexity index is 661. The average Bonchev–Trinajstić information content (AvgIpc) is 2.66. The number of hydrogen-bond donors (Lipinski definition) is 1. The highest BCUT2D eigenvalue weighted by atomic mass is 32.2. The molecule has 0 atom stereocenters. The standard InChI is InChI=1S/C19H23NO4S/c1-22-16-9-7-15(8-10-16)13-25-14-19(21)20-11-12-24-18-6-4-3-5-17(18)23-2/h3-10H,11-14H2,1-2H3,(H,20,21). The van der Waals surface area contributed by atoms with Crippen molar-refractivity contribution in [3.05, 3.63) is 54.1 Å². The lowest BCUT2D eigenvalue weighted by atomic mass is 10.2. The van der Waals surface area contributed by atoms with Gasteiger partial charge in [0, 0.05) is 5.75 Å². The normalized spacial score (nSPS) is 10.2. The Kier molecular flexibility index (Phi) is 7.98. The maximum Gasteiger partial charge on any atom is 0.230 e. The molecule has 0 aromatic heterocycles. The van der Waals surface area contributed by atoms with E-state index in [0.717, 1.165) is 17.1 Å². The summed E-state index contributed by atoms with van der Waals surface area (Å²) in [6.07, 6.45) is 0. The number of carbonyl (C=O) groups excluding carboxylic acids is 1. The number of amides is 1. The predicted octanol–water partition coefficient (Wildman–Crippen LogP) is 3.13. The van der Waals surface area contributed by atoms with Gasteiger partial charge in [0.05, 0.1) is 26.5 Å². The van der Waals surface area contributed by atoms with Crippen LogP contribution in [0.4, 0.5) is 0 Å². The van der Waals surface area contributed by atoms with Crippen molar-refractivity contribution in [3.8, 4) is 17.2 Å². The SMILES string of the molecule is COc1ccc(CSCC(=O)NCCOc2ccccc2OC)cc1. The molecule has 134 valence electrons. The molecule has 0 saturated heterocycles. The summed E-state index contributed by atoms with van der Waals surface area (Å²) in [6, 6.07) is 15.3. The molecule has 1 N–H and O–H groups in total. The van der Waals surface area contributed by atoms with Crippen molar-refractivity contribution in [1.29, 1.82) is 0 Å². The highest BCUT2D eigenvalue weighted by Crippen LogP contribution is 2.25. The average molecular weight is 361 g/mol. The second-order valence-corrected chi connectivity index (χ2v) is 6.18. The number of carbonyl (C=O) groups is 1. The van der Waals surface area contributed by atoms with E-state index in [9.17, 15) is 4.79 Å². The minimum atomic E-state index is 0.00198. The van der Waals surface area contributed by atoms with E-state index in [1.807, 2.05) is 48.5 Å². The first-order valence-electron chi connectivity index (χ1n) is 7.96. The number of hydrogen-bond acceptors (Lipinski definition) is 5. The lowest BCUT2D eigenvalue weighted by molar-refractivity contribution is -0.118. The smallest absolute Gasteiger partial charge is 0.230 e. The van der Waals surface area contributed by atoms with Gasteiger partial charge in [0.2, 0.25) is 5.91 Å². The van der Waals surface area contributed by atoms with Gasteiger partial charge in [0.1, 0.15) is 12.4 Å². The zero-order valence-corrected chi connectivity index (χ0v) is 15.3. The third-order valence-electron chi connectivity index (χ3n) is 3.41. The Morgan fingerprint density at radius 2 is 1.72 bits per heavy atom. The van der Waals surface area contributed by atoms with Crippen molar-refractivity contribution in [2.45, 2.75) is 5.75 Å². The van der Waals surface area contributed by atoms with E-state index in [-0.39, 0.29) is 5.91 Å². The fourth-order valence-electron chi connectivity index (χ4n) is 2.12. The van der Waals surface area contributed by atoms with Gasteiger partial charge in [-0.15, -0.1) is 11.8 Å². The van der Waals surface area contributed by atoms with Gasteiger partial charge in [-0.1, -0.05) is 24.3 Å². The summed E-state index contributed by atoms with van der Waals surface area (Å²) in [6.45, 7) is 0.856. The van der Waals surface area contributed by atoms with Crippen molar-refractivity contribution in [3.63, 3.8) is 0 Å². The predicted molar refractivity (Wildman–Crippen MR) is 101 cm³/mol. The molecule has 0 aliphatic rings. The van der Waals surface area contributed by atoms with E-state index < -0.39 is 0 Å². The molecule has 5 nitrogen and oxygen atoms in total. The maximum absolute atomic E-state index is 11.8. The Morgan fingerprint density at radius 3 is 2.40 bits per heavy atom. The minimum Gasteiger partial charge on any atom is -0.497 e. The molecule has 0 spiro atoms. The fraction of sp³-hybridized carbons (Fsp3) is 0.316. The van der Waals surface area contributed by atoms with Crippen LogP contribution in [-0.2, 0) is 10.5 Å². The zero-order chi connectivity index (χ0) is 17.9. The molecule has 0 saturated carbocycles. The summed E-state index contributed by atoms with van der Waals surface area (Å²) in [4.78, 5) is 11.8. The number of ether oxygens (including phenoxy) is 3. The van der Waals surface area contributed by atoms with Crippen molar-refractivity contribution in [2.75, 3.05) is 33.1 Å². The summed E-state index contributed by atoms with van der Waals surface area (Å²) in [5.41, 5.74) is 1.16. The van der Waals surface area contributed by atoms with Gasteiger partial charge < -0.3 is 19.5 Å². The molecular formula is C19H23NO4S. The van der Waals surface area contributed by atoms with E-state index >= 15 is 0 Å². The Morgan fingerprint density at radius 1 is 1.00 bits per heavy atom. The van der Waals surface area contributed by atoms with E-state index in [2.05, 4.69) is 5.32 Å². The molecule has 0 heterocycles. The van der Waals surface area contributed by atoms with E-state index in [1.165, 1.54) is 0 Å². The molecule has 0 radical (unpaired) electrons. The summed E-state index contributed by atoms with van der Waals surface area (Å²) >= 11 is 1.57. The zero-order valence-electron chi connectivity index (χ0n) is 14.5. The maximum atomic E-state index is 11.8. The molecule has 2 aromatic carbocycles. The largest absolute Gasteiger partial charge is 0.497 e. The number of nitrogens with one attached hydrogen (secondary N) is 1. The first kappa shape index (κ1) is 19.0. The summed E-state index contributed by atoms with van der Waals surface area (Å²) in [5, 5.41) is 2.85. The van der Waals surface area contributed by atoms with E-state index in [1.54, 1.807) is 26.0 Å². The number of thioether (sulfide) groups is 1. The second kappa shape index (κ2) is 10.5. The van der Waals surface area contributed by atoms with Crippen molar-refractivity contribution in [1.82, 2.24) is 5.32 Å². The van der Waals surface area contributed by atoms with E-state index in [0.29, 0.717) is 30.4 Å². The molecule has 0 aliphatic carbocycles. The number of rotatable bonds is 10. The first-order chi connectivity index (χ1) is 12.2. The van der Waals surface area contributed by atoms with Crippen LogP contribution in [0, 0.1) is 0 Å². The molecule has 0 fully saturated rings. The van der Waals surface area contributed by atoms with Crippen LogP contribution in [0.25, 0.3) is 0 Å². The summed E-state index contributed by atoms with van der Waals surface area (Å²) in [5.74, 6) is 3.40. The van der Waals surface area contributed by atoms with Crippen LogP contribution < -0.4 is 19.5 Å². The van der Waals surface area contributed by atoms with Crippen LogP contribution in [0.2, 0.25) is 0 Å². The molecule has 2 rings (SSSR count). The summed E-state index contributed by atoms with van der Waals surface area (Å²) in [7, 11) is 3.25. The number of methoxy groups -OCH3 is 2. The monoisotopic (exact) mass is 361 g/mol. The lowest BCUT2D eigenvalue weighted by Gasteiger charge is -2.10. The second-order valence-electron chi connectivity index (χ2n) is 5.19. The van der Waals surface area contributed by atoms with Gasteiger partial charge in [-0.3, -0.25) is 4.79 Å². The van der Waals surface area contributed by atoms with Gasteiger partial charge >= 0.3 is 0 Å². The van der Waals surface area contributed by atoms with Crippen molar-refractivity contribution in [2.24, 2.45) is 0 Å². The quantitative estimate of drug-likeness (QED) is 0.659. The molecular weight excluding hydrogens is 338 g/mol. The number of para-hydroxylation sites is 2. The molecule has 0 unspecified atom stereocenters. The molecule has 0 bridgehead atoms. The van der Waals surface area contributed by atoms with Gasteiger partial charge in [0.15, 0.2) is 11.5 Å². The molecule has 1 amide bonds. The molecule has 2 aromatic rings. The molecule has 25 heavy (non-hydrogen) atoms. The van der Waals surface area contributed by atoms with Gasteiger partial charge in [0.25, 0.3) is 0 Å². The molecule has 6 heteroatoms. The van der Waals surface area contributed by atoms with Crippen LogP contribution in [0.3, 0.4) is 0 Å². The lowest BCUT2D eigenvalue weighted by Crippen LogP contribution is -2.29. The van der Waals surface area contributed by atoms with Crippen LogP contribution in [0.1, 0.15) is 5.56 Å². The first-order valence-corrected chi connectivity index (χ1v) is 9.11. The van der Waals surface area contributed by atoms with Crippen molar-refractivity contribution >= 4 is 17.7 Å². The fourth-order valence-corrected chi connectivity index (χ4v) is 2.94. The van der Waals surface area contributed by atoms with Gasteiger partial charge in [-0.05, 0) is 29.8 Å². The highest BCUT2D eigenvalue weighted by Gasteiger charge is 2.04. The van der Waals surface area contributed by atoms with E-state index in [4.69, 9.17) is 14.2 Å². The van der Waals surface area contributed by atoms with Crippen LogP contribution >= 0.6 is 11.8 Å². The Hall–Kier alpha value is -2.34. The van der Waals surface area contributed by atoms with Crippen LogP contribution in [0.15, 0.2) is 48.5 Å². The Balaban J connectivity index is 1.60. The third-order valence-corrected chi connectivity index (χ3v) is 4.42. The Labute approximate surface area is 152 Å². The topological polar surface area (TPSA) is 56.8 Å². The minimum absolute atomic E-state index is 0.00198. The van der Waals surface area contributed by atoms with Gasteiger partial charge in [-0.2, -0.15) is 0 Å². The molecule has 0 aliphatic heterocycles. The summed E-state index contributed by atoms with van der Waals surface area (Å²) < 4.78 is 15.9.